The Kier molecular flexibility index (Phi) is 4.40. The van der Waals surface area contributed by atoms with Crippen LogP contribution in [0.15, 0.2) is 30.5 Å². The first-order chi connectivity index (χ1) is 9.61. The predicted octanol–water partition coefficient (Wildman–Crippen LogP) is 2.85. The summed E-state index contributed by atoms with van der Waals surface area (Å²) >= 11 is 0. The molecule has 20 heavy (non-hydrogen) atoms. The van der Waals surface area contributed by atoms with E-state index in [1.165, 1.54) is 0 Å². The van der Waals surface area contributed by atoms with Gasteiger partial charge in [-0.1, -0.05) is 19.4 Å². The molecule has 0 spiro atoms. The van der Waals surface area contributed by atoms with Gasteiger partial charge in [0, 0.05) is 18.1 Å². The van der Waals surface area contributed by atoms with Crippen molar-refractivity contribution >= 4 is 22.6 Å². The molecule has 0 amide bonds. The molecule has 1 aromatic heterocycles. The minimum absolute atomic E-state index is 0.164. The van der Waals surface area contributed by atoms with Crippen LogP contribution in [0.25, 0.3) is 10.8 Å². The molecule has 5 nitrogen and oxygen atoms in total. The van der Waals surface area contributed by atoms with Crippen molar-refractivity contribution in [3.8, 4) is 5.75 Å². The summed E-state index contributed by atoms with van der Waals surface area (Å²) in [7, 11) is 0. The van der Waals surface area contributed by atoms with Crippen molar-refractivity contribution in [3.63, 3.8) is 0 Å². The van der Waals surface area contributed by atoms with Gasteiger partial charge in [0.2, 0.25) is 0 Å². The van der Waals surface area contributed by atoms with Gasteiger partial charge in [-0.3, -0.25) is 4.79 Å². The second-order valence-corrected chi connectivity index (χ2v) is 4.77. The van der Waals surface area contributed by atoms with E-state index in [1.54, 1.807) is 24.4 Å². The highest BCUT2D eigenvalue weighted by atomic mass is 16.4. The fourth-order valence-electron chi connectivity index (χ4n) is 2.18. The summed E-state index contributed by atoms with van der Waals surface area (Å²) in [5.74, 6) is -0.477. The summed E-state index contributed by atoms with van der Waals surface area (Å²) < 4.78 is 0. The van der Waals surface area contributed by atoms with E-state index < -0.39 is 11.9 Å². The van der Waals surface area contributed by atoms with Gasteiger partial charge in [0.15, 0.2) is 0 Å². The number of rotatable bonds is 6. The van der Waals surface area contributed by atoms with Gasteiger partial charge >= 0.3 is 5.97 Å². The highest BCUT2D eigenvalue weighted by Gasteiger charge is 2.16. The summed E-state index contributed by atoms with van der Waals surface area (Å²) in [6.07, 6.45) is 3.11. The van der Waals surface area contributed by atoms with Gasteiger partial charge in [0.1, 0.15) is 11.6 Å². The molecule has 1 atom stereocenters. The van der Waals surface area contributed by atoms with E-state index in [0.29, 0.717) is 18.8 Å². The quantitative estimate of drug-likeness (QED) is 0.754. The minimum atomic E-state index is -0.803. The topological polar surface area (TPSA) is 82.5 Å². The molecule has 1 aromatic carbocycles. The third-order valence-corrected chi connectivity index (χ3v) is 3.25. The maximum absolute atomic E-state index is 11.1. The summed E-state index contributed by atoms with van der Waals surface area (Å²) in [6, 6.07) is 6.89. The number of carboxylic acids is 1. The Morgan fingerprint density at radius 3 is 2.90 bits per heavy atom. The first-order valence-corrected chi connectivity index (χ1v) is 6.66. The first kappa shape index (κ1) is 14.1. The van der Waals surface area contributed by atoms with E-state index in [0.717, 1.165) is 17.2 Å². The lowest BCUT2D eigenvalue weighted by molar-refractivity contribution is -0.141. The lowest BCUT2D eigenvalue weighted by atomic mass is 10.0. The number of anilines is 1. The molecule has 0 radical (unpaired) electrons. The molecule has 0 aliphatic rings. The Bertz CT molecular complexity index is 613. The molecule has 0 bridgehead atoms. The zero-order valence-electron chi connectivity index (χ0n) is 11.3. The molecule has 5 heteroatoms. The number of pyridine rings is 1. The third kappa shape index (κ3) is 3.17. The molecule has 106 valence electrons. The van der Waals surface area contributed by atoms with Crippen LogP contribution in [0.1, 0.15) is 19.8 Å². The van der Waals surface area contributed by atoms with E-state index in [1.807, 2.05) is 13.0 Å². The number of hydrogen-bond acceptors (Lipinski definition) is 4. The van der Waals surface area contributed by atoms with Crippen LogP contribution < -0.4 is 5.32 Å². The maximum Gasteiger partial charge on any atom is 0.308 e. The molecule has 0 aliphatic carbocycles. The maximum atomic E-state index is 11.1. The Morgan fingerprint density at radius 1 is 1.40 bits per heavy atom. The van der Waals surface area contributed by atoms with Crippen LogP contribution in [0.5, 0.6) is 5.75 Å². The number of carboxylic acid groups (broad SMARTS) is 1. The van der Waals surface area contributed by atoms with E-state index >= 15 is 0 Å². The number of nitrogens with one attached hydrogen (secondary N) is 1. The van der Waals surface area contributed by atoms with Crippen LogP contribution in [-0.4, -0.2) is 27.7 Å². The van der Waals surface area contributed by atoms with Crippen molar-refractivity contribution in [1.29, 1.82) is 0 Å². The van der Waals surface area contributed by atoms with E-state index in [-0.39, 0.29) is 5.75 Å². The Labute approximate surface area is 117 Å². The zero-order chi connectivity index (χ0) is 14.5. The highest BCUT2D eigenvalue weighted by Crippen LogP contribution is 2.25. The Morgan fingerprint density at radius 2 is 2.20 bits per heavy atom. The molecular weight excluding hydrogens is 256 g/mol. The molecule has 2 aromatic rings. The number of hydrogen-bond donors (Lipinski definition) is 3. The summed E-state index contributed by atoms with van der Waals surface area (Å²) in [5, 5.41) is 23.5. The fourth-order valence-corrected chi connectivity index (χ4v) is 2.18. The second-order valence-electron chi connectivity index (χ2n) is 4.77. The smallest absolute Gasteiger partial charge is 0.308 e. The minimum Gasteiger partial charge on any atom is -0.508 e. The van der Waals surface area contributed by atoms with Crippen molar-refractivity contribution < 1.29 is 15.0 Å². The normalized spacial score (nSPS) is 12.2. The standard InChI is InChI=1S/C15H18N2O3/c1-2-3-11(15(19)20)9-17-14-13-8-12(18)5-4-10(13)6-7-16-14/h4-8,11,18H,2-3,9H2,1H3,(H,16,17)(H,19,20). The zero-order valence-corrected chi connectivity index (χ0v) is 11.3. The molecule has 0 saturated heterocycles. The molecule has 0 saturated carbocycles. The molecule has 3 N–H and O–H groups in total. The van der Waals surface area contributed by atoms with Gasteiger partial charge in [-0.05, 0) is 30.0 Å². The number of benzene rings is 1. The largest absolute Gasteiger partial charge is 0.508 e. The van der Waals surface area contributed by atoms with Gasteiger partial charge in [-0.25, -0.2) is 4.98 Å². The van der Waals surface area contributed by atoms with Crippen LogP contribution in [-0.2, 0) is 4.79 Å². The van der Waals surface area contributed by atoms with Crippen molar-refractivity contribution in [1.82, 2.24) is 4.98 Å². The average molecular weight is 274 g/mol. The number of phenolic OH excluding ortho intramolecular Hbond substituents is 1. The highest BCUT2D eigenvalue weighted by molar-refractivity contribution is 5.92. The average Bonchev–Trinajstić information content (AvgIpc) is 2.43. The second kappa shape index (κ2) is 6.23. The van der Waals surface area contributed by atoms with E-state index in [4.69, 9.17) is 5.11 Å². The van der Waals surface area contributed by atoms with Gasteiger partial charge in [0.25, 0.3) is 0 Å². The van der Waals surface area contributed by atoms with Crippen LogP contribution in [0.2, 0.25) is 0 Å². The van der Waals surface area contributed by atoms with Gasteiger partial charge in [-0.15, -0.1) is 0 Å². The summed E-state index contributed by atoms with van der Waals surface area (Å²) in [4.78, 5) is 15.4. The lowest BCUT2D eigenvalue weighted by Crippen LogP contribution is -2.23. The monoisotopic (exact) mass is 274 g/mol. The van der Waals surface area contributed by atoms with Gasteiger partial charge < -0.3 is 15.5 Å². The van der Waals surface area contributed by atoms with E-state index in [2.05, 4.69) is 10.3 Å². The number of aromatic hydroxyl groups is 1. The van der Waals surface area contributed by atoms with Crippen molar-refractivity contribution in [2.75, 3.05) is 11.9 Å². The first-order valence-electron chi connectivity index (χ1n) is 6.66. The third-order valence-electron chi connectivity index (χ3n) is 3.25. The van der Waals surface area contributed by atoms with Crippen LogP contribution in [0, 0.1) is 5.92 Å². The number of fused-ring (bicyclic) bond motifs is 1. The SMILES string of the molecule is CCCC(CNc1nccc2ccc(O)cc12)C(=O)O. The number of carbonyl (C=O) groups is 1. The molecule has 2 rings (SSSR count). The van der Waals surface area contributed by atoms with Crippen LogP contribution >= 0.6 is 0 Å². The molecule has 1 heterocycles. The van der Waals surface area contributed by atoms with Crippen molar-refractivity contribution in [2.24, 2.45) is 5.92 Å². The predicted molar refractivity (Wildman–Crippen MR) is 77.9 cm³/mol. The Hall–Kier alpha value is -2.30. The fraction of sp³-hybridized carbons (Fsp3) is 0.333. The van der Waals surface area contributed by atoms with Crippen LogP contribution in [0.3, 0.4) is 0 Å². The molecule has 0 aliphatic heterocycles. The van der Waals surface area contributed by atoms with Crippen molar-refractivity contribution in [3.05, 3.63) is 30.5 Å². The van der Waals surface area contributed by atoms with Gasteiger partial charge in [0.05, 0.1) is 5.92 Å². The van der Waals surface area contributed by atoms with E-state index in [9.17, 15) is 9.90 Å². The molecular formula is C15H18N2O3. The summed E-state index contributed by atoms with van der Waals surface area (Å²) in [6.45, 7) is 2.29. The Balaban J connectivity index is 2.21. The van der Waals surface area contributed by atoms with Crippen LogP contribution in [0.4, 0.5) is 5.82 Å². The number of aliphatic carboxylic acids is 1. The number of nitrogens with zero attached hydrogens (tertiary/aromatic N) is 1. The molecule has 1 unspecified atom stereocenters. The molecule has 0 fully saturated rings. The number of phenols is 1. The summed E-state index contributed by atoms with van der Waals surface area (Å²) in [5.41, 5.74) is 0. The van der Waals surface area contributed by atoms with Crippen molar-refractivity contribution in [2.45, 2.75) is 19.8 Å². The lowest BCUT2D eigenvalue weighted by Gasteiger charge is -2.14. The number of aromatic nitrogens is 1. The van der Waals surface area contributed by atoms with Gasteiger partial charge in [-0.2, -0.15) is 0 Å².